The summed E-state index contributed by atoms with van der Waals surface area (Å²) in [5.41, 5.74) is 2.18. The van der Waals surface area contributed by atoms with Gasteiger partial charge in [-0.3, -0.25) is 0 Å². The van der Waals surface area contributed by atoms with Crippen molar-refractivity contribution in [1.29, 1.82) is 0 Å². The molecule has 1 aliphatic rings. The Bertz CT molecular complexity index is 424. The second-order valence-corrected chi connectivity index (χ2v) is 4.27. The quantitative estimate of drug-likeness (QED) is 0.795. The van der Waals surface area contributed by atoms with E-state index in [9.17, 15) is 0 Å². The summed E-state index contributed by atoms with van der Waals surface area (Å²) < 4.78 is 0. The number of nitrogens with zero attached hydrogens (tertiary/aromatic N) is 1. The molecular formula is C12H15N3. The van der Waals surface area contributed by atoms with Gasteiger partial charge in [0, 0.05) is 0 Å². The number of benzene rings is 1. The van der Waals surface area contributed by atoms with Crippen LogP contribution >= 0.6 is 0 Å². The van der Waals surface area contributed by atoms with E-state index < -0.39 is 0 Å². The lowest BCUT2D eigenvalue weighted by Crippen LogP contribution is -2.16. The van der Waals surface area contributed by atoms with E-state index in [1.807, 2.05) is 18.2 Å². The Labute approximate surface area is 88.9 Å². The van der Waals surface area contributed by atoms with E-state index in [0.717, 1.165) is 35.9 Å². The summed E-state index contributed by atoms with van der Waals surface area (Å²) in [6.45, 7) is 1.99. The monoisotopic (exact) mass is 201 g/mol. The Kier molecular flexibility index (Phi) is 2.18. The minimum Gasteiger partial charge on any atom is -0.341 e. The summed E-state index contributed by atoms with van der Waals surface area (Å²) in [4.78, 5) is 7.83. The smallest absolute Gasteiger partial charge is 0.121 e. The van der Waals surface area contributed by atoms with Crippen LogP contribution in [0.1, 0.15) is 18.7 Å². The van der Waals surface area contributed by atoms with E-state index in [1.54, 1.807) is 0 Å². The number of imidazole rings is 1. The van der Waals surface area contributed by atoms with Crippen molar-refractivity contribution in [2.75, 3.05) is 6.54 Å². The Balaban J connectivity index is 1.68. The molecule has 1 aliphatic carbocycles. The van der Waals surface area contributed by atoms with Crippen molar-refractivity contribution in [3.05, 3.63) is 30.1 Å². The van der Waals surface area contributed by atoms with Gasteiger partial charge in [0.1, 0.15) is 5.82 Å². The number of fused-ring (bicyclic) bond motifs is 1. The van der Waals surface area contributed by atoms with Gasteiger partial charge in [-0.15, -0.1) is 0 Å². The first-order valence-corrected chi connectivity index (χ1v) is 5.56. The number of rotatable bonds is 4. The summed E-state index contributed by atoms with van der Waals surface area (Å²) in [5.74, 6) is 1.96. The number of hydrogen-bond donors (Lipinski definition) is 2. The normalized spacial score (nSPS) is 16.0. The molecule has 0 unspecified atom stereocenters. The van der Waals surface area contributed by atoms with Gasteiger partial charge >= 0.3 is 0 Å². The van der Waals surface area contributed by atoms with Crippen LogP contribution in [0.25, 0.3) is 11.0 Å². The van der Waals surface area contributed by atoms with Gasteiger partial charge in [0.2, 0.25) is 0 Å². The van der Waals surface area contributed by atoms with Gasteiger partial charge in [-0.05, 0) is 37.4 Å². The van der Waals surface area contributed by atoms with E-state index in [4.69, 9.17) is 0 Å². The van der Waals surface area contributed by atoms with Crippen LogP contribution in [0.4, 0.5) is 0 Å². The molecule has 1 aromatic heterocycles. The first-order valence-electron chi connectivity index (χ1n) is 5.56. The van der Waals surface area contributed by atoms with E-state index in [1.165, 1.54) is 12.8 Å². The number of aromatic amines is 1. The molecule has 2 N–H and O–H groups in total. The number of nitrogens with one attached hydrogen (secondary N) is 2. The highest BCUT2D eigenvalue weighted by molar-refractivity contribution is 5.74. The zero-order valence-electron chi connectivity index (χ0n) is 8.66. The van der Waals surface area contributed by atoms with Crippen LogP contribution in [0.3, 0.4) is 0 Å². The third-order valence-corrected chi connectivity index (χ3v) is 2.86. The molecule has 1 heterocycles. The molecule has 1 aromatic carbocycles. The maximum Gasteiger partial charge on any atom is 0.121 e. The van der Waals surface area contributed by atoms with Crippen LogP contribution in [0.2, 0.25) is 0 Å². The standard InChI is InChI=1S/C12H15N3/c1-2-4-11-10(3-1)14-12(15-11)8-13-7-9-5-6-9/h1-4,9,13H,5-8H2,(H,14,15). The lowest BCUT2D eigenvalue weighted by Gasteiger charge is -1.98. The molecule has 1 fully saturated rings. The predicted octanol–water partition coefficient (Wildman–Crippen LogP) is 2.06. The van der Waals surface area contributed by atoms with Crippen molar-refractivity contribution >= 4 is 11.0 Å². The molecule has 0 bridgehead atoms. The van der Waals surface area contributed by atoms with E-state index in [2.05, 4.69) is 21.4 Å². The van der Waals surface area contributed by atoms with Crippen molar-refractivity contribution in [3.8, 4) is 0 Å². The molecule has 0 amide bonds. The van der Waals surface area contributed by atoms with Crippen LogP contribution < -0.4 is 5.32 Å². The fourth-order valence-electron chi connectivity index (χ4n) is 1.81. The molecular weight excluding hydrogens is 186 g/mol. The van der Waals surface area contributed by atoms with Crippen LogP contribution in [-0.4, -0.2) is 16.5 Å². The molecule has 0 atom stereocenters. The molecule has 3 heteroatoms. The van der Waals surface area contributed by atoms with Crippen molar-refractivity contribution in [1.82, 2.24) is 15.3 Å². The van der Waals surface area contributed by atoms with Gasteiger partial charge in [-0.25, -0.2) is 4.98 Å². The van der Waals surface area contributed by atoms with Gasteiger partial charge in [-0.2, -0.15) is 0 Å². The van der Waals surface area contributed by atoms with Crippen LogP contribution in [0.5, 0.6) is 0 Å². The van der Waals surface area contributed by atoms with Crippen LogP contribution in [0.15, 0.2) is 24.3 Å². The third kappa shape index (κ3) is 2.02. The SMILES string of the molecule is c1ccc2[nH]c(CNCC3CC3)nc2c1. The Morgan fingerprint density at radius 2 is 2.20 bits per heavy atom. The second kappa shape index (κ2) is 3.66. The van der Waals surface area contributed by atoms with Gasteiger partial charge < -0.3 is 10.3 Å². The summed E-state index contributed by atoms with van der Waals surface area (Å²) >= 11 is 0. The summed E-state index contributed by atoms with van der Waals surface area (Å²) in [6, 6.07) is 8.15. The molecule has 3 nitrogen and oxygen atoms in total. The summed E-state index contributed by atoms with van der Waals surface area (Å²) in [7, 11) is 0. The average molecular weight is 201 g/mol. The highest BCUT2D eigenvalue weighted by Crippen LogP contribution is 2.27. The maximum atomic E-state index is 4.51. The minimum absolute atomic E-state index is 0.852. The van der Waals surface area contributed by atoms with Gasteiger partial charge in [-0.1, -0.05) is 12.1 Å². The van der Waals surface area contributed by atoms with Gasteiger partial charge in [0.05, 0.1) is 17.6 Å². The summed E-state index contributed by atoms with van der Waals surface area (Å²) in [5, 5.41) is 3.43. The minimum atomic E-state index is 0.852. The predicted molar refractivity (Wildman–Crippen MR) is 60.5 cm³/mol. The highest BCUT2D eigenvalue weighted by Gasteiger charge is 2.20. The van der Waals surface area contributed by atoms with Crippen molar-refractivity contribution in [3.63, 3.8) is 0 Å². The Morgan fingerprint density at radius 1 is 1.33 bits per heavy atom. The lowest BCUT2D eigenvalue weighted by atomic mass is 10.3. The first-order chi connectivity index (χ1) is 7.42. The Hall–Kier alpha value is -1.35. The molecule has 0 aliphatic heterocycles. The number of aromatic nitrogens is 2. The van der Waals surface area contributed by atoms with E-state index in [0.29, 0.717) is 0 Å². The third-order valence-electron chi connectivity index (χ3n) is 2.86. The molecule has 15 heavy (non-hydrogen) atoms. The highest BCUT2D eigenvalue weighted by atomic mass is 15.0. The maximum absolute atomic E-state index is 4.51. The van der Waals surface area contributed by atoms with Crippen molar-refractivity contribution in [2.45, 2.75) is 19.4 Å². The number of H-pyrrole nitrogens is 1. The van der Waals surface area contributed by atoms with Gasteiger partial charge in [0.15, 0.2) is 0 Å². The second-order valence-electron chi connectivity index (χ2n) is 4.27. The van der Waals surface area contributed by atoms with Crippen molar-refractivity contribution < 1.29 is 0 Å². The largest absolute Gasteiger partial charge is 0.341 e. The zero-order valence-corrected chi connectivity index (χ0v) is 8.66. The molecule has 2 aromatic rings. The zero-order chi connectivity index (χ0) is 10.1. The molecule has 0 radical (unpaired) electrons. The molecule has 78 valence electrons. The number of para-hydroxylation sites is 2. The fourth-order valence-corrected chi connectivity index (χ4v) is 1.81. The average Bonchev–Trinajstić information content (AvgIpc) is 2.97. The van der Waals surface area contributed by atoms with Gasteiger partial charge in [0.25, 0.3) is 0 Å². The van der Waals surface area contributed by atoms with Crippen LogP contribution in [-0.2, 0) is 6.54 Å². The van der Waals surface area contributed by atoms with E-state index in [-0.39, 0.29) is 0 Å². The molecule has 0 saturated heterocycles. The molecule has 0 spiro atoms. The first kappa shape index (κ1) is 8.92. The van der Waals surface area contributed by atoms with Crippen molar-refractivity contribution in [2.24, 2.45) is 5.92 Å². The lowest BCUT2D eigenvalue weighted by molar-refractivity contribution is 0.624. The Morgan fingerprint density at radius 3 is 3.00 bits per heavy atom. The van der Waals surface area contributed by atoms with Crippen LogP contribution in [0, 0.1) is 5.92 Å². The summed E-state index contributed by atoms with van der Waals surface area (Å²) in [6.07, 6.45) is 2.79. The molecule has 3 rings (SSSR count). The number of hydrogen-bond acceptors (Lipinski definition) is 2. The molecule has 1 saturated carbocycles. The topological polar surface area (TPSA) is 40.7 Å². The van der Waals surface area contributed by atoms with E-state index >= 15 is 0 Å². The fraction of sp³-hybridized carbons (Fsp3) is 0.417.